The van der Waals surface area contributed by atoms with E-state index in [-0.39, 0.29) is 0 Å². The third-order valence-electron chi connectivity index (χ3n) is 1.90. The number of aromatic nitrogens is 2. The Morgan fingerprint density at radius 2 is 2.00 bits per heavy atom. The van der Waals surface area contributed by atoms with Gasteiger partial charge in [0.15, 0.2) is 0 Å². The zero-order valence-corrected chi connectivity index (χ0v) is 9.32. The van der Waals surface area contributed by atoms with Gasteiger partial charge in [-0.1, -0.05) is 0 Å². The molecule has 2 aromatic rings. The Balaban J connectivity index is 2.44. The quantitative estimate of drug-likeness (QED) is 0.775. The molecule has 0 saturated carbocycles. The van der Waals surface area contributed by atoms with Gasteiger partial charge in [0, 0.05) is 28.6 Å². The van der Waals surface area contributed by atoms with Gasteiger partial charge in [-0.05, 0) is 46.6 Å². The molecule has 14 heavy (non-hydrogen) atoms. The fourth-order valence-corrected chi connectivity index (χ4v) is 1.48. The van der Waals surface area contributed by atoms with Gasteiger partial charge >= 0.3 is 0 Å². The fraction of sp³-hybridized carbons (Fsp3) is 0.0909. The van der Waals surface area contributed by atoms with E-state index in [1.54, 1.807) is 6.20 Å². The van der Waals surface area contributed by atoms with Gasteiger partial charge in [-0.3, -0.25) is 9.97 Å². The molecule has 0 radical (unpaired) electrons. The molecule has 0 bridgehead atoms. The molecule has 2 heterocycles. The monoisotopic (exact) mass is 248 g/mol. The van der Waals surface area contributed by atoms with Gasteiger partial charge in [0.05, 0.1) is 5.69 Å². The van der Waals surface area contributed by atoms with Crippen LogP contribution in [0.2, 0.25) is 0 Å². The average Bonchev–Trinajstić information content (AvgIpc) is 2.19. The molecular formula is C11H9BrN2. The zero-order valence-electron chi connectivity index (χ0n) is 7.74. The van der Waals surface area contributed by atoms with E-state index in [1.165, 1.54) is 0 Å². The minimum atomic E-state index is 0.949. The molecule has 0 unspecified atom stereocenters. The molecule has 0 atom stereocenters. The molecule has 0 spiro atoms. The van der Waals surface area contributed by atoms with Crippen molar-refractivity contribution in [3.05, 3.63) is 46.8 Å². The van der Waals surface area contributed by atoms with Crippen LogP contribution >= 0.6 is 15.9 Å². The second-order valence-electron chi connectivity index (χ2n) is 3.11. The van der Waals surface area contributed by atoms with Crippen LogP contribution in [0.15, 0.2) is 41.3 Å². The maximum Gasteiger partial charge on any atom is 0.0718 e. The van der Waals surface area contributed by atoms with Crippen LogP contribution in [0.1, 0.15) is 5.56 Å². The lowest BCUT2D eigenvalue weighted by molar-refractivity contribution is 1.24. The molecule has 2 aromatic heterocycles. The second-order valence-corrected chi connectivity index (χ2v) is 4.03. The van der Waals surface area contributed by atoms with Crippen molar-refractivity contribution in [1.82, 2.24) is 9.97 Å². The Bertz CT molecular complexity index is 437. The number of rotatable bonds is 1. The first-order valence-corrected chi connectivity index (χ1v) is 5.08. The summed E-state index contributed by atoms with van der Waals surface area (Å²) >= 11 is 3.35. The summed E-state index contributed by atoms with van der Waals surface area (Å²) in [5.74, 6) is 0. The molecule has 0 amide bonds. The summed E-state index contributed by atoms with van der Waals surface area (Å²) in [5, 5.41) is 0. The van der Waals surface area contributed by atoms with Crippen molar-refractivity contribution in [3.8, 4) is 11.3 Å². The minimum absolute atomic E-state index is 0.949. The highest BCUT2D eigenvalue weighted by atomic mass is 79.9. The molecule has 0 aliphatic carbocycles. The lowest BCUT2D eigenvalue weighted by Gasteiger charge is -2.00. The van der Waals surface area contributed by atoms with Crippen LogP contribution in [0.25, 0.3) is 11.3 Å². The highest BCUT2D eigenvalue weighted by Crippen LogP contribution is 2.18. The van der Waals surface area contributed by atoms with Crippen molar-refractivity contribution in [1.29, 1.82) is 0 Å². The maximum atomic E-state index is 4.30. The fourth-order valence-electron chi connectivity index (χ4n) is 1.24. The molecule has 0 aliphatic heterocycles. The molecule has 3 heteroatoms. The van der Waals surface area contributed by atoms with Gasteiger partial charge in [-0.25, -0.2) is 0 Å². The van der Waals surface area contributed by atoms with E-state index in [0.717, 1.165) is 21.3 Å². The van der Waals surface area contributed by atoms with Crippen LogP contribution in [0.3, 0.4) is 0 Å². The van der Waals surface area contributed by atoms with Crippen molar-refractivity contribution >= 4 is 15.9 Å². The number of hydrogen-bond donors (Lipinski definition) is 0. The highest BCUT2D eigenvalue weighted by molar-refractivity contribution is 9.10. The van der Waals surface area contributed by atoms with Crippen LogP contribution in [-0.4, -0.2) is 9.97 Å². The topological polar surface area (TPSA) is 25.8 Å². The Kier molecular flexibility index (Phi) is 2.59. The van der Waals surface area contributed by atoms with E-state index in [1.807, 2.05) is 31.5 Å². The molecule has 2 nitrogen and oxygen atoms in total. The van der Waals surface area contributed by atoms with Gasteiger partial charge in [0.25, 0.3) is 0 Å². The predicted octanol–water partition coefficient (Wildman–Crippen LogP) is 3.21. The predicted molar refractivity (Wildman–Crippen MR) is 59.9 cm³/mol. The van der Waals surface area contributed by atoms with E-state index >= 15 is 0 Å². The largest absolute Gasteiger partial charge is 0.264 e. The number of pyridine rings is 2. The van der Waals surface area contributed by atoms with Crippen molar-refractivity contribution in [3.63, 3.8) is 0 Å². The van der Waals surface area contributed by atoms with Crippen molar-refractivity contribution < 1.29 is 0 Å². The number of halogens is 1. The van der Waals surface area contributed by atoms with Crippen LogP contribution in [0, 0.1) is 6.92 Å². The standard InChI is InChI=1S/C11H9BrN2/c1-8-4-9(6-13-5-8)11-3-2-10(12)7-14-11/h2-7H,1H3. The lowest BCUT2D eigenvalue weighted by Crippen LogP contribution is -1.85. The van der Waals surface area contributed by atoms with E-state index in [2.05, 4.69) is 32.0 Å². The Morgan fingerprint density at radius 3 is 2.64 bits per heavy atom. The molecule has 0 aliphatic rings. The molecule has 0 N–H and O–H groups in total. The summed E-state index contributed by atoms with van der Waals surface area (Å²) in [5.41, 5.74) is 3.15. The van der Waals surface area contributed by atoms with Gasteiger partial charge in [-0.2, -0.15) is 0 Å². The SMILES string of the molecule is Cc1cncc(-c2ccc(Br)cn2)c1. The van der Waals surface area contributed by atoms with E-state index in [0.29, 0.717) is 0 Å². The number of aryl methyl sites for hydroxylation is 1. The Labute approximate surface area is 91.2 Å². The zero-order chi connectivity index (χ0) is 9.97. The first-order chi connectivity index (χ1) is 6.75. The normalized spacial score (nSPS) is 10.1. The molecule has 0 fully saturated rings. The Hall–Kier alpha value is -1.22. The van der Waals surface area contributed by atoms with Gasteiger partial charge < -0.3 is 0 Å². The summed E-state index contributed by atoms with van der Waals surface area (Å²) in [6, 6.07) is 6.02. The van der Waals surface area contributed by atoms with Gasteiger partial charge in [0.2, 0.25) is 0 Å². The van der Waals surface area contributed by atoms with Gasteiger partial charge in [0.1, 0.15) is 0 Å². The molecule has 0 aromatic carbocycles. The van der Waals surface area contributed by atoms with Crippen molar-refractivity contribution in [2.45, 2.75) is 6.92 Å². The Morgan fingerprint density at radius 1 is 1.14 bits per heavy atom. The molecule has 2 rings (SSSR count). The summed E-state index contributed by atoms with van der Waals surface area (Å²) in [6.45, 7) is 2.02. The summed E-state index contributed by atoms with van der Waals surface area (Å²) in [4.78, 5) is 8.43. The third-order valence-corrected chi connectivity index (χ3v) is 2.37. The van der Waals surface area contributed by atoms with Gasteiger partial charge in [-0.15, -0.1) is 0 Å². The minimum Gasteiger partial charge on any atom is -0.264 e. The maximum absolute atomic E-state index is 4.30. The van der Waals surface area contributed by atoms with Crippen LogP contribution in [0.5, 0.6) is 0 Å². The first-order valence-electron chi connectivity index (χ1n) is 4.29. The van der Waals surface area contributed by atoms with Crippen molar-refractivity contribution in [2.75, 3.05) is 0 Å². The summed E-state index contributed by atoms with van der Waals surface area (Å²) in [6.07, 6.45) is 5.45. The number of hydrogen-bond acceptors (Lipinski definition) is 2. The van der Waals surface area contributed by atoms with Crippen LogP contribution in [-0.2, 0) is 0 Å². The average molecular weight is 249 g/mol. The van der Waals surface area contributed by atoms with E-state index in [9.17, 15) is 0 Å². The van der Waals surface area contributed by atoms with Crippen LogP contribution in [0.4, 0.5) is 0 Å². The summed E-state index contributed by atoms with van der Waals surface area (Å²) in [7, 11) is 0. The number of nitrogens with zero attached hydrogens (tertiary/aromatic N) is 2. The van der Waals surface area contributed by atoms with E-state index in [4.69, 9.17) is 0 Å². The lowest BCUT2D eigenvalue weighted by atomic mass is 10.1. The van der Waals surface area contributed by atoms with Crippen LogP contribution < -0.4 is 0 Å². The third kappa shape index (κ3) is 1.99. The smallest absolute Gasteiger partial charge is 0.0718 e. The van der Waals surface area contributed by atoms with E-state index < -0.39 is 0 Å². The molecule has 0 saturated heterocycles. The summed E-state index contributed by atoms with van der Waals surface area (Å²) < 4.78 is 0.988. The van der Waals surface area contributed by atoms with Crippen molar-refractivity contribution in [2.24, 2.45) is 0 Å². The molecule has 70 valence electrons. The first kappa shape index (κ1) is 9.34. The highest BCUT2D eigenvalue weighted by Gasteiger charge is 1.98. The second kappa shape index (κ2) is 3.88. The molecular weight excluding hydrogens is 240 g/mol.